The number of urea groups is 1. The van der Waals surface area contributed by atoms with Crippen molar-refractivity contribution in [1.29, 1.82) is 0 Å². The number of hydrogen-bond acceptors (Lipinski definition) is 2. The third-order valence-electron chi connectivity index (χ3n) is 4.24. The molecule has 5 heteroatoms. The summed E-state index contributed by atoms with van der Waals surface area (Å²) in [4.78, 5) is 26.0. The molecule has 1 aliphatic rings. The molecule has 2 aromatic rings. The van der Waals surface area contributed by atoms with Crippen molar-refractivity contribution in [2.75, 3.05) is 18.5 Å². The van der Waals surface area contributed by atoms with Crippen molar-refractivity contribution in [1.82, 2.24) is 10.6 Å². The summed E-state index contributed by atoms with van der Waals surface area (Å²) in [5, 5.41) is 5.30. The van der Waals surface area contributed by atoms with Gasteiger partial charge in [-0.15, -0.1) is 0 Å². The average molecular weight is 323 g/mol. The van der Waals surface area contributed by atoms with Crippen molar-refractivity contribution < 1.29 is 9.59 Å². The van der Waals surface area contributed by atoms with Gasteiger partial charge in [-0.05, 0) is 42.7 Å². The summed E-state index contributed by atoms with van der Waals surface area (Å²) in [6.45, 7) is 3.10. The number of carbonyl (C=O) groups is 2. The van der Waals surface area contributed by atoms with Crippen molar-refractivity contribution in [3.05, 3.63) is 64.7 Å². The first-order valence-electron chi connectivity index (χ1n) is 8.04. The monoisotopic (exact) mass is 323 g/mol. The van der Waals surface area contributed by atoms with Crippen molar-refractivity contribution in [3.8, 4) is 0 Å². The molecule has 2 N–H and O–H groups in total. The highest BCUT2D eigenvalue weighted by Crippen LogP contribution is 2.30. The third kappa shape index (κ3) is 3.25. The molecule has 0 radical (unpaired) electrons. The number of benzene rings is 2. The second-order valence-corrected chi connectivity index (χ2v) is 5.97. The van der Waals surface area contributed by atoms with Crippen LogP contribution in [0.25, 0.3) is 0 Å². The molecule has 124 valence electrons. The number of nitrogens with one attached hydrogen (secondary N) is 2. The highest BCUT2D eigenvalue weighted by molar-refractivity contribution is 6.07. The van der Waals surface area contributed by atoms with Gasteiger partial charge in [0.1, 0.15) is 0 Å². The number of nitrogens with zero attached hydrogens (tertiary/aromatic N) is 1. The van der Waals surface area contributed by atoms with E-state index in [0.29, 0.717) is 18.7 Å². The van der Waals surface area contributed by atoms with Crippen LogP contribution in [0.4, 0.5) is 10.5 Å². The van der Waals surface area contributed by atoms with Crippen LogP contribution in [0.5, 0.6) is 0 Å². The van der Waals surface area contributed by atoms with Gasteiger partial charge in [0.05, 0.1) is 0 Å². The molecule has 1 aliphatic heterocycles. The zero-order valence-corrected chi connectivity index (χ0v) is 13.9. The molecule has 0 saturated carbocycles. The number of hydrogen-bond donors (Lipinski definition) is 2. The van der Waals surface area contributed by atoms with Gasteiger partial charge in [0.25, 0.3) is 5.91 Å². The Morgan fingerprint density at radius 1 is 1.17 bits per heavy atom. The molecule has 3 rings (SSSR count). The Morgan fingerprint density at radius 2 is 2.00 bits per heavy atom. The predicted molar refractivity (Wildman–Crippen MR) is 94.3 cm³/mol. The van der Waals surface area contributed by atoms with Crippen LogP contribution in [0.2, 0.25) is 0 Å². The molecule has 0 unspecified atom stereocenters. The number of aryl methyl sites for hydroxylation is 1. The normalized spacial score (nSPS) is 12.7. The van der Waals surface area contributed by atoms with Crippen LogP contribution in [-0.4, -0.2) is 25.5 Å². The zero-order chi connectivity index (χ0) is 17.1. The van der Waals surface area contributed by atoms with Crippen LogP contribution in [-0.2, 0) is 13.0 Å². The van der Waals surface area contributed by atoms with Gasteiger partial charge in [-0.3, -0.25) is 4.79 Å². The lowest BCUT2D eigenvalue weighted by molar-refractivity contribution is 0.0989. The standard InChI is InChI=1S/C19H21N3O2/c1-13-4-3-5-16(10-13)18(23)22-9-8-15-7-6-14(11-17(15)22)12-21-19(24)20-2/h3-7,10-11H,8-9,12H2,1-2H3,(H2,20,21,24). The first-order chi connectivity index (χ1) is 11.6. The molecule has 2 aromatic carbocycles. The predicted octanol–water partition coefficient (Wildman–Crippen LogP) is 2.63. The Hall–Kier alpha value is -2.82. The van der Waals surface area contributed by atoms with Gasteiger partial charge in [-0.1, -0.05) is 29.8 Å². The SMILES string of the molecule is CNC(=O)NCc1ccc2c(c1)N(C(=O)c1cccc(C)c1)CC2. The van der Waals surface area contributed by atoms with E-state index >= 15 is 0 Å². The maximum Gasteiger partial charge on any atom is 0.314 e. The summed E-state index contributed by atoms with van der Waals surface area (Å²) < 4.78 is 0. The quantitative estimate of drug-likeness (QED) is 0.912. The molecular formula is C19H21N3O2. The maximum absolute atomic E-state index is 12.8. The number of rotatable bonds is 3. The van der Waals surface area contributed by atoms with E-state index in [1.165, 1.54) is 5.56 Å². The molecule has 0 aromatic heterocycles. The van der Waals surface area contributed by atoms with E-state index in [9.17, 15) is 9.59 Å². The molecule has 0 saturated heterocycles. The summed E-state index contributed by atoms with van der Waals surface area (Å²) >= 11 is 0. The molecule has 5 nitrogen and oxygen atoms in total. The van der Waals surface area contributed by atoms with Crippen LogP contribution in [0.15, 0.2) is 42.5 Å². The summed E-state index contributed by atoms with van der Waals surface area (Å²) in [6, 6.07) is 13.5. The van der Waals surface area contributed by atoms with Crippen molar-refractivity contribution in [2.24, 2.45) is 0 Å². The summed E-state index contributed by atoms with van der Waals surface area (Å²) in [6.07, 6.45) is 0.857. The van der Waals surface area contributed by atoms with E-state index in [4.69, 9.17) is 0 Å². The minimum absolute atomic E-state index is 0.0221. The first kappa shape index (κ1) is 16.1. The van der Waals surface area contributed by atoms with Crippen LogP contribution >= 0.6 is 0 Å². The lowest BCUT2D eigenvalue weighted by Gasteiger charge is -2.18. The minimum Gasteiger partial charge on any atom is -0.341 e. The van der Waals surface area contributed by atoms with Crippen LogP contribution < -0.4 is 15.5 Å². The van der Waals surface area contributed by atoms with Gasteiger partial charge >= 0.3 is 6.03 Å². The van der Waals surface area contributed by atoms with Gasteiger partial charge in [-0.2, -0.15) is 0 Å². The molecule has 0 spiro atoms. The fourth-order valence-corrected chi connectivity index (χ4v) is 2.95. The van der Waals surface area contributed by atoms with Gasteiger partial charge < -0.3 is 15.5 Å². The summed E-state index contributed by atoms with van der Waals surface area (Å²) in [5.74, 6) is 0.0221. The topological polar surface area (TPSA) is 61.4 Å². The largest absolute Gasteiger partial charge is 0.341 e. The van der Waals surface area contributed by atoms with Gasteiger partial charge in [0.15, 0.2) is 0 Å². The molecule has 0 aliphatic carbocycles. The van der Waals surface area contributed by atoms with Crippen molar-refractivity contribution in [3.63, 3.8) is 0 Å². The van der Waals surface area contributed by atoms with Gasteiger partial charge in [0.2, 0.25) is 0 Å². The van der Waals surface area contributed by atoms with E-state index in [-0.39, 0.29) is 11.9 Å². The van der Waals surface area contributed by atoms with Crippen LogP contribution in [0.1, 0.15) is 27.0 Å². The second kappa shape index (κ2) is 6.74. The number of amides is 3. The Labute approximate surface area is 141 Å². The van der Waals surface area contributed by atoms with E-state index in [1.54, 1.807) is 7.05 Å². The van der Waals surface area contributed by atoms with Gasteiger partial charge in [0, 0.05) is 31.4 Å². The van der Waals surface area contributed by atoms with E-state index in [1.807, 2.05) is 54.3 Å². The average Bonchev–Trinajstić information content (AvgIpc) is 3.02. The maximum atomic E-state index is 12.8. The Bertz CT molecular complexity index is 786. The van der Waals surface area contributed by atoms with E-state index < -0.39 is 0 Å². The Kier molecular flexibility index (Phi) is 4.51. The molecule has 0 fully saturated rings. The highest BCUT2D eigenvalue weighted by Gasteiger charge is 2.25. The molecule has 24 heavy (non-hydrogen) atoms. The van der Waals surface area contributed by atoms with Crippen molar-refractivity contribution >= 4 is 17.6 Å². The van der Waals surface area contributed by atoms with Crippen LogP contribution in [0.3, 0.4) is 0 Å². The van der Waals surface area contributed by atoms with E-state index in [2.05, 4.69) is 10.6 Å². The molecular weight excluding hydrogens is 302 g/mol. The fourth-order valence-electron chi connectivity index (χ4n) is 2.95. The molecule has 3 amide bonds. The Morgan fingerprint density at radius 3 is 2.75 bits per heavy atom. The zero-order valence-electron chi connectivity index (χ0n) is 13.9. The summed E-state index contributed by atoms with van der Waals surface area (Å²) in [5.41, 5.74) is 4.86. The fraction of sp³-hybridized carbons (Fsp3) is 0.263. The highest BCUT2D eigenvalue weighted by atomic mass is 16.2. The number of carbonyl (C=O) groups excluding carboxylic acids is 2. The van der Waals surface area contributed by atoms with Gasteiger partial charge in [-0.25, -0.2) is 4.79 Å². The molecule has 1 heterocycles. The van der Waals surface area contributed by atoms with E-state index in [0.717, 1.165) is 23.2 Å². The second-order valence-electron chi connectivity index (χ2n) is 5.97. The van der Waals surface area contributed by atoms with Crippen molar-refractivity contribution in [2.45, 2.75) is 19.9 Å². The lowest BCUT2D eigenvalue weighted by atomic mass is 10.1. The summed E-state index contributed by atoms with van der Waals surface area (Å²) in [7, 11) is 1.58. The van der Waals surface area contributed by atoms with Crippen LogP contribution in [0, 0.1) is 6.92 Å². The molecule has 0 atom stereocenters. The Balaban J connectivity index is 1.82. The smallest absolute Gasteiger partial charge is 0.314 e. The first-order valence-corrected chi connectivity index (χ1v) is 8.04. The minimum atomic E-state index is -0.219. The lowest BCUT2D eigenvalue weighted by Crippen LogP contribution is -2.32. The number of fused-ring (bicyclic) bond motifs is 1. The number of anilines is 1. The third-order valence-corrected chi connectivity index (χ3v) is 4.24. The molecule has 0 bridgehead atoms.